The van der Waals surface area contributed by atoms with Crippen LogP contribution >= 0.6 is 0 Å². The fourth-order valence-electron chi connectivity index (χ4n) is 4.45. The summed E-state index contributed by atoms with van der Waals surface area (Å²) in [4.78, 5) is 52.2. The fraction of sp³-hybridized carbons (Fsp3) is 0.545. The number of carboxylic acid groups (broad SMARTS) is 1. The number of urea groups is 1. The van der Waals surface area contributed by atoms with Gasteiger partial charge in [-0.05, 0) is 43.9 Å². The average molecular weight is 444 g/mol. The van der Waals surface area contributed by atoms with Crippen LogP contribution in [0.5, 0.6) is 0 Å². The molecule has 32 heavy (non-hydrogen) atoms. The molecule has 0 bridgehead atoms. The number of likely N-dealkylation sites (tertiary alicyclic amines) is 2. The van der Waals surface area contributed by atoms with Gasteiger partial charge in [-0.3, -0.25) is 19.8 Å². The van der Waals surface area contributed by atoms with Crippen molar-refractivity contribution in [3.8, 4) is 0 Å². The maximum absolute atomic E-state index is 13.0. The Kier molecular flexibility index (Phi) is 6.59. The number of rotatable bonds is 4. The molecule has 1 aromatic rings. The van der Waals surface area contributed by atoms with Crippen LogP contribution in [0.2, 0.25) is 0 Å². The van der Waals surface area contributed by atoms with Gasteiger partial charge in [0.2, 0.25) is 5.91 Å². The van der Waals surface area contributed by atoms with Crippen molar-refractivity contribution in [2.45, 2.75) is 44.3 Å². The summed E-state index contributed by atoms with van der Waals surface area (Å²) in [5.74, 6) is -0.385. The number of carbonyl (C=O) groups excluding carboxylic acids is 3. The molecule has 4 rings (SSSR count). The number of benzene rings is 1. The van der Waals surface area contributed by atoms with E-state index >= 15 is 0 Å². The minimum atomic E-state index is -0.881. The molecule has 0 aliphatic carbocycles. The molecule has 5 amide bonds. The zero-order chi connectivity index (χ0) is 22.7. The van der Waals surface area contributed by atoms with Crippen LogP contribution < -0.4 is 10.2 Å². The SMILES string of the molecule is O=C1CCN(c2cccc(C(=O)N3CCC(OC4CCN(C(=O)O)CC4)CC3)c2)C(=O)N1. The number of amides is 5. The van der Waals surface area contributed by atoms with Crippen molar-refractivity contribution in [2.24, 2.45) is 0 Å². The number of ether oxygens (including phenoxy) is 1. The van der Waals surface area contributed by atoms with Gasteiger partial charge in [-0.1, -0.05) is 6.07 Å². The van der Waals surface area contributed by atoms with Gasteiger partial charge in [-0.15, -0.1) is 0 Å². The Bertz CT molecular complexity index is 890. The quantitative estimate of drug-likeness (QED) is 0.732. The maximum Gasteiger partial charge on any atom is 0.407 e. The molecule has 172 valence electrons. The topological polar surface area (TPSA) is 119 Å². The van der Waals surface area contributed by atoms with Crippen LogP contribution in [-0.4, -0.2) is 83.8 Å². The van der Waals surface area contributed by atoms with E-state index in [1.807, 2.05) is 0 Å². The lowest BCUT2D eigenvalue weighted by Gasteiger charge is -2.36. The molecule has 3 saturated heterocycles. The Morgan fingerprint density at radius 1 is 0.938 bits per heavy atom. The maximum atomic E-state index is 13.0. The summed E-state index contributed by atoms with van der Waals surface area (Å²) in [5, 5.41) is 11.3. The predicted molar refractivity (Wildman–Crippen MR) is 115 cm³/mol. The smallest absolute Gasteiger partial charge is 0.407 e. The number of nitrogens with one attached hydrogen (secondary N) is 1. The molecule has 0 aromatic heterocycles. The summed E-state index contributed by atoms with van der Waals surface area (Å²) in [6.07, 6.45) is 2.36. The summed E-state index contributed by atoms with van der Waals surface area (Å²) in [6.45, 7) is 2.45. The molecule has 3 aliphatic rings. The Morgan fingerprint density at radius 3 is 2.16 bits per heavy atom. The standard InChI is InChI=1S/C22H28N4O6/c27-19-8-13-26(21(29)23-19)16-3-1-2-15(14-16)20(28)24-9-4-17(5-10-24)32-18-6-11-25(12-7-18)22(30)31/h1-3,14,17-18H,4-13H2,(H,30,31)(H,23,27,29). The first-order valence-electron chi connectivity index (χ1n) is 11.0. The van der Waals surface area contributed by atoms with E-state index in [2.05, 4.69) is 5.32 Å². The molecule has 3 heterocycles. The third kappa shape index (κ3) is 5.01. The van der Waals surface area contributed by atoms with Crippen LogP contribution in [0.4, 0.5) is 15.3 Å². The average Bonchev–Trinajstić information content (AvgIpc) is 2.79. The number of anilines is 1. The lowest BCUT2D eigenvalue weighted by molar-refractivity contribution is -0.120. The number of hydrogen-bond acceptors (Lipinski definition) is 5. The highest BCUT2D eigenvalue weighted by Gasteiger charge is 2.30. The van der Waals surface area contributed by atoms with Crippen LogP contribution in [0.3, 0.4) is 0 Å². The van der Waals surface area contributed by atoms with Crippen LogP contribution in [-0.2, 0) is 9.53 Å². The first-order chi connectivity index (χ1) is 15.4. The molecule has 0 unspecified atom stereocenters. The first-order valence-corrected chi connectivity index (χ1v) is 11.0. The van der Waals surface area contributed by atoms with Crippen LogP contribution in [0.1, 0.15) is 42.5 Å². The zero-order valence-electron chi connectivity index (χ0n) is 17.9. The highest BCUT2D eigenvalue weighted by atomic mass is 16.5. The Balaban J connectivity index is 1.29. The molecule has 1 aromatic carbocycles. The van der Waals surface area contributed by atoms with Crippen LogP contribution in [0.15, 0.2) is 24.3 Å². The van der Waals surface area contributed by atoms with Gasteiger partial charge in [0.05, 0.1) is 12.2 Å². The molecule has 10 nitrogen and oxygen atoms in total. The van der Waals surface area contributed by atoms with Gasteiger partial charge in [0.1, 0.15) is 0 Å². The Hall–Kier alpha value is -3.14. The van der Waals surface area contributed by atoms with Crippen LogP contribution in [0, 0.1) is 0 Å². The van der Waals surface area contributed by atoms with E-state index in [1.54, 1.807) is 29.2 Å². The van der Waals surface area contributed by atoms with E-state index in [1.165, 1.54) is 9.80 Å². The van der Waals surface area contributed by atoms with Crippen molar-refractivity contribution in [2.75, 3.05) is 37.6 Å². The number of carbonyl (C=O) groups is 4. The van der Waals surface area contributed by atoms with Crippen LogP contribution in [0.25, 0.3) is 0 Å². The number of imide groups is 1. The molecule has 0 spiro atoms. The molecule has 0 saturated carbocycles. The van der Waals surface area contributed by atoms with E-state index in [0.717, 1.165) is 12.8 Å². The lowest BCUT2D eigenvalue weighted by Crippen LogP contribution is -2.49. The van der Waals surface area contributed by atoms with Crippen molar-refractivity contribution < 1.29 is 29.0 Å². The molecule has 0 radical (unpaired) electrons. The van der Waals surface area contributed by atoms with Gasteiger partial charge in [-0.25, -0.2) is 9.59 Å². The van der Waals surface area contributed by atoms with Crippen molar-refractivity contribution >= 4 is 29.6 Å². The van der Waals surface area contributed by atoms with Gasteiger partial charge >= 0.3 is 12.1 Å². The van der Waals surface area contributed by atoms with E-state index in [0.29, 0.717) is 50.3 Å². The van der Waals surface area contributed by atoms with Crippen molar-refractivity contribution in [1.82, 2.24) is 15.1 Å². The Labute approximate surface area is 186 Å². The largest absolute Gasteiger partial charge is 0.465 e. The molecule has 3 aliphatic heterocycles. The lowest BCUT2D eigenvalue weighted by atomic mass is 10.0. The molecule has 10 heteroatoms. The van der Waals surface area contributed by atoms with Crippen molar-refractivity contribution in [3.05, 3.63) is 29.8 Å². The zero-order valence-corrected chi connectivity index (χ0v) is 17.9. The third-order valence-electron chi connectivity index (χ3n) is 6.29. The number of nitrogens with zero attached hydrogens (tertiary/aromatic N) is 3. The second-order valence-electron chi connectivity index (χ2n) is 8.40. The molecular weight excluding hydrogens is 416 g/mol. The van der Waals surface area contributed by atoms with Gasteiger partial charge < -0.3 is 19.6 Å². The second-order valence-corrected chi connectivity index (χ2v) is 8.40. The number of hydrogen-bond donors (Lipinski definition) is 2. The van der Waals surface area contributed by atoms with Crippen molar-refractivity contribution in [1.29, 1.82) is 0 Å². The fourth-order valence-corrected chi connectivity index (χ4v) is 4.45. The van der Waals surface area contributed by atoms with Crippen molar-refractivity contribution in [3.63, 3.8) is 0 Å². The highest BCUT2D eigenvalue weighted by Crippen LogP contribution is 2.24. The second kappa shape index (κ2) is 9.56. The minimum Gasteiger partial charge on any atom is -0.465 e. The van der Waals surface area contributed by atoms with E-state index < -0.39 is 12.1 Å². The summed E-state index contributed by atoms with van der Waals surface area (Å²) in [6, 6.07) is 6.44. The number of piperidine rings is 2. The molecule has 3 fully saturated rings. The predicted octanol–water partition coefficient (Wildman–Crippen LogP) is 1.90. The van der Waals surface area contributed by atoms with Gasteiger partial charge in [0, 0.05) is 50.4 Å². The summed E-state index contributed by atoms with van der Waals surface area (Å²) < 4.78 is 6.18. The normalized spacial score (nSPS) is 20.9. The molecule has 0 atom stereocenters. The van der Waals surface area contributed by atoms with Gasteiger partial charge in [-0.2, -0.15) is 0 Å². The molecular formula is C22H28N4O6. The summed E-state index contributed by atoms with van der Waals surface area (Å²) in [5.41, 5.74) is 1.10. The minimum absolute atomic E-state index is 0.0668. The monoisotopic (exact) mass is 444 g/mol. The van der Waals surface area contributed by atoms with E-state index in [9.17, 15) is 19.2 Å². The highest BCUT2D eigenvalue weighted by molar-refractivity contribution is 6.06. The summed E-state index contributed by atoms with van der Waals surface area (Å²) in [7, 11) is 0. The van der Waals surface area contributed by atoms with E-state index in [4.69, 9.17) is 9.84 Å². The van der Waals surface area contributed by atoms with E-state index in [-0.39, 0.29) is 37.0 Å². The summed E-state index contributed by atoms with van der Waals surface area (Å²) >= 11 is 0. The third-order valence-corrected chi connectivity index (χ3v) is 6.29. The first kappa shape index (κ1) is 22.1. The van der Waals surface area contributed by atoms with Gasteiger partial charge in [0.15, 0.2) is 0 Å². The Morgan fingerprint density at radius 2 is 1.56 bits per heavy atom. The molecule has 2 N–H and O–H groups in total. The van der Waals surface area contributed by atoms with Gasteiger partial charge in [0.25, 0.3) is 5.91 Å².